The maximum Gasteiger partial charge on any atom is 0.339 e. The van der Waals surface area contributed by atoms with Gasteiger partial charge in [0.05, 0.1) is 5.56 Å². The molecule has 2 saturated heterocycles. The number of ether oxygens (including phenoxy) is 1. The van der Waals surface area contributed by atoms with Crippen molar-refractivity contribution in [3.8, 4) is 0 Å². The summed E-state index contributed by atoms with van der Waals surface area (Å²) in [4.78, 5) is 54.0. The molecule has 7 nitrogen and oxygen atoms in total. The van der Waals surface area contributed by atoms with Crippen molar-refractivity contribution in [2.24, 2.45) is 5.41 Å². The molecule has 4 aromatic rings. The summed E-state index contributed by atoms with van der Waals surface area (Å²) in [5.41, 5.74) is 2.96. The summed E-state index contributed by atoms with van der Waals surface area (Å²) >= 11 is 0. The molecule has 2 aliphatic heterocycles. The Morgan fingerprint density at radius 3 is 1.56 bits per heavy atom. The van der Waals surface area contributed by atoms with Gasteiger partial charge in [-0.2, -0.15) is 0 Å². The van der Waals surface area contributed by atoms with E-state index in [1.807, 2.05) is 86.6 Å². The van der Waals surface area contributed by atoms with E-state index in [0.717, 1.165) is 22.5 Å². The molecule has 0 N–H and O–H groups in total. The Labute approximate surface area is 264 Å². The first kappa shape index (κ1) is 31.4. The molecule has 2 atom stereocenters. The molecule has 0 saturated carbocycles. The average molecular weight is 603 g/mol. The number of aryl methyl sites for hydroxylation is 2. The number of hydrogen-bond donors (Lipinski definition) is 0. The van der Waals surface area contributed by atoms with E-state index >= 15 is 0 Å². The third-order valence-corrected chi connectivity index (χ3v) is 8.62. The third kappa shape index (κ3) is 6.58. The largest absolute Gasteiger partial charge is 0.446 e. The fourth-order valence-corrected chi connectivity index (χ4v) is 5.65. The Bertz CT molecular complexity index is 1690. The number of anilines is 2. The molecule has 45 heavy (non-hydrogen) atoms. The second-order valence-electron chi connectivity index (χ2n) is 12.1. The van der Waals surface area contributed by atoms with E-state index in [1.165, 1.54) is 0 Å². The number of amides is 2. The topological polar surface area (TPSA) is 84.0 Å². The Morgan fingerprint density at radius 2 is 1.04 bits per heavy atom. The SMILES string of the molecule is Cc1ccc(N2CC[C@@](C)(C(=O)c3ccccc3)C2=O)cc1.Cc1ccc(N2CC[C@@](C)(OC(=O)c3ccccc3)C2=O)cc1. The van der Waals surface area contributed by atoms with Crippen molar-refractivity contribution in [3.63, 3.8) is 0 Å². The van der Waals surface area contributed by atoms with E-state index in [9.17, 15) is 19.2 Å². The van der Waals surface area contributed by atoms with Gasteiger partial charge in [-0.05, 0) is 70.5 Å². The maximum atomic E-state index is 12.8. The molecular formula is C38H38N2O5. The highest BCUT2D eigenvalue weighted by Crippen LogP contribution is 2.37. The summed E-state index contributed by atoms with van der Waals surface area (Å²) in [6.07, 6.45) is 1.03. The van der Waals surface area contributed by atoms with Crippen LogP contribution in [-0.2, 0) is 14.3 Å². The normalized spacial score (nSPS) is 20.9. The van der Waals surface area contributed by atoms with Crippen LogP contribution in [0.25, 0.3) is 0 Å². The second kappa shape index (κ2) is 12.9. The zero-order valence-corrected chi connectivity index (χ0v) is 26.2. The molecule has 2 amide bonds. The first-order valence-electron chi connectivity index (χ1n) is 15.2. The van der Waals surface area contributed by atoms with Crippen LogP contribution in [-0.4, -0.2) is 42.3 Å². The number of hydrogen-bond acceptors (Lipinski definition) is 5. The van der Waals surface area contributed by atoms with E-state index in [0.29, 0.717) is 37.1 Å². The molecule has 0 radical (unpaired) electrons. The van der Waals surface area contributed by atoms with Crippen LogP contribution >= 0.6 is 0 Å². The van der Waals surface area contributed by atoms with Gasteiger partial charge in [-0.25, -0.2) is 4.79 Å². The first-order chi connectivity index (χ1) is 21.5. The van der Waals surface area contributed by atoms with Crippen molar-refractivity contribution in [2.45, 2.75) is 46.1 Å². The molecule has 230 valence electrons. The number of Topliss-reactive ketones (excluding diaryl/α,β-unsaturated/α-hetero) is 1. The van der Waals surface area contributed by atoms with Crippen LogP contribution in [0.5, 0.6) is 0 Å². The van der Waals surface area contributed by atoms with Gasteiger partial charge in [0.1, 0.15) is 5.41 Å². The average Bonchev–Trinajstić information content (AvgIpc) is 3.53. The van der Waals surface area contributed by atoms with Crippen LogP contribution < -0.4 is 9.80 Å². The number of carbonyl (C=O) groups is 4. The molecule has 0 aromatic heterocycles. The molecule has 7 heteroatoms. The molecule has 0 spiro atoms. The molecular weight excluding hydrogens is 564 g/mol. The predicted octanol–water partition coefficient (Wildman–Crippen LogP) is 6.97. The molecule has 6 rings (SSSR count). The zero-order valence-electron chi connectivity index (χ0n) is 26.2. The molecule has 0 aliphatic carbocycles. The van der Waals surface area contributed by atoms with E-state index < -0.39 is 17.0 Å². The summed E-state index contributed by atoms with van der Waals surface area (Å²) in [7, 11) is 0. The van der Waals surface area contributed by atoms with Crippen LogP contribution in [0, 0.1) is 19.3 Å². The lowest BCUT2D eigenvalue weighted by atomic mass is 9.81. The summed E-state index contributed by atoms with van der Waals surface area (Å²) in [5, 5.41) is 0. The maximum absolute atomic E-state index is 12.8. The van der Waals surface area contributed by atoms with Crippen molar-refractivity contribution in [2.75, 3.05) is 22.9 Å². The summed E-state index contributed by atoms with van der Waals surface area (Å²) in [6.45, 7) is 8.58. The number of ketones is 1. The summed E-state index contributed by atoms with van der Waals surface area (Å²) in [5.74, 6) is -0.837. The quantitative estimate of drug-likeness (QED) is 0.135. The molecule has 2 aliphatic rings. The van der Waals surface area contributed by atoms with Gasteiger partial charge in [0, 0.05) is 36.4 Å². The predicted molar refractivity (Wildman–Crippen MR) is 175 cm³/mol. The van der Waals surface area contributed by atoms with Gasteiger partial charge in [0.15, 0.2) is 11.4 Å². The summed E-state index contributed by atoms with van der Waals surface area (Å²) < 4.78 is 5.54. The summed E-state index contributed by atoms with van der Waals surface area (Å²) in [6, 6.07) is 33.4. The van der Waals surface area contributed by atoms with Gasteiger partial charge in [-0.1, -0.05) is 83.9 Å². The third-order valence-electron chi connectivity index (χ3n) is 8.62. The Morgan fingerprint density at radius 1 is 0.600 bits per heavy atom. The fraction of sp³-hybridized carbons (Fsp3) is 0.263. The van der Waals surface area contributed by atoms with Crippen molar-refractivity contribution in [1.29, 1.82) is 0 Å². The highest BCUT2D eigenvalue weighted by Gasteiger charge is 2.49. The van der Waals surface area contributed by atoms with E-state index in [4.69, 9.17) is 4.74 Å². The van der Waals surface area contributed by atoms with Gasteiger partial charge in [-0.15, -0.1) is 0 Å². The van der Waals surface area contributed by atoms with Crippen molar-refractivity contribution >= 4 is 34.9 Å². The van der Waals surface area contributed by atoms with Gasteiger partial charge >= 0.3 is 5.97 Å². The van der Waals surface area contributed by atoms with Crippen molar-refractivity contribution in [1.82, 2.24) is 0 Å². The van der Waals surface area contributed by atoms with E-state index in [1.54, 1.807) is 60.0 Å². The fourth-order valence-electron chi connectivity index (χ4n) is 5.65. The van der Waals surface area contributed by atoms with Gasteiger partial charge in [0.2, 0.25) is 5.91 Å². The monoisotopic (exact) mass is 602 g/mol. The number of carbonyl (C=O) groups excluding carboxylic acids is 4. The van der Waals surface area contributed by atoms with Crippen molar-refractivity contribution in [3.05, 3.63) is 131 Å². The number of benzene rings is 4. The standard InChI is InChI=1S/C19H19NO3.C19H19NO2/c1-14-8-10-16(11-9-14)20-13-12-19(2,18(20)22)23-17(21)15-6-4-3-5-7-15;1-14-8-10-16(11-9-14)20-13-12-19(2,18(20)22)17(21)15-6-4-3-5-7-15/h3-11H,12-13H2,1-2H3;3-11H,12-13H2,1-2H3/t2*19-/m10/s1. The van der Waals surface area contributed by atoms with E-state index in [2.05, 4.69) is 0 Å². The zero-order chi connectivity index (χ0) is 32.2. The Hall–Kier alpha value is -5.04. The van der Waals surface area contributed by atoms with Gasteiger partial charge < -0.3 is 14.5 Å². The number of rotatable bonds is 6. The molecule has 4 aromatic carbocycles. The van der Waals surface area contributed by atoms with Gasteiger partial charge in [-0.3, -0.25) is 14.4 Å². The van der Waals surface area contributed by atoms with Crippen LogP contribution in [0.3, 0.4) is 0 Å². The molecule has 0 bridgehead atoms. The number of esters is 1. The van der Waals surface area contributed by atoms with Gasteiger partial charge in [0.25, 0.3) is 5.91 Å². The molecule has 2 fully saturated rings. The van der Waals surface area contributed by atoms with Crippen LogP contribution in [0.1, 0.15) is 58.5 Å². The Kier molecular flexibility index (Phi) is 9.00. The van der Waals surface area contributed by atoms with Crippen LogP contribution in [0.2, 0.25) is 0 Å². The Balaban J connectivity index is 0.000000178. The van der Waals surface area contributed by atoms with Crippen LogP contribution in [0.4, 0.5) is 11.4 Å². The van der Waals surface area contributed by atoms with Crippen molar-refractivity contribution < 1.29 is 23.9 Å². The highest BCUT2D eigenvalue weighted by molar-refractivity contribution is 6.19. The van der Waals surface area contributed by atoms with E-state index in [-0.39, 0.29) is 17.6 Å². The highest BCUT2D eigenvalue weighted by atomic mass is 16.6. The molecule has 0 unspecified atom stereocenters. The minimum atomic E-state index is -1.11. The first-order valence-corrected chi connectivity index (χ1v) is 15.2. The lowest BCUT2D eigenvalue weighted by molar-refractivity contribution is -0.132. The minimum absolute atomic E-state index is 0.0901. The molecule has 2 heterocycles. The smallest absolute Gasteiger partial charge is 0.339 e. The minimum Gasteiger partial charge on any atom is -0.446 e. The number of nitrogens with zero attached hydrogens (tertiary/aromatic N) is 2. The lowest BCUT2D eigenvalue weighted by Crippen LogP contribution is -2.41. The lowest BCUT2D eigenvalue weighted by Gasteiger charge is -2.24. The second-order valence-corrected chi connectivity index (χ2v) is 12.1. The van der Waals surface area contributed by atoms with Crippen LogP contribution in [0.15, 0.2) is 109 Å².